The number of benzene rings is 2. The minimum Gasteiger partial charge on any atom is -0.494 e. The molecule has 0 aliphatic carbocycles. The van der Waals surface area contributed by atoms with Crippen LogP contribution >= 0.6 is 11.8 Å². The van der Waals surface area contributed by atoms with Gasteiger partial charge in [0.2, 0.25) is 0 Å². The first-order chi connectivity index (χ1) is 13.1. The van der Waals surface area contributed by atoms with Gasteiger partial charge in [-0.1, -0.05) is 55.3 Å². The molecule has 1 aliphatic heterocycles. The van der Waals surface area contributed by atoms with E-state index in [9.17, 15) is 9.59 Å². The van der Waals surface area contributed by atoms with Gasteiger partial charge in [0, 0.05) is 0 Å². The maximum Gasteiger partial charge on any atom is 0.293 e. The maximum atomic E-state index is 12.6. The average molecular weight is 381 g/mol. The Morgan fingerprint density at radius 2 is 1.74 bits per heavy atom. The van der Waals surface area contributed by atoms with E-state index in [1.165, 1.54) is 4.90 Å². The lowest BCUT2D eigenvalue weighted by atomic mass is 10.1. The number of hydrogen-bond donors (Lipinski definition) is 0. The maximum absolute atomic E-state index is 12.6. The molecular weight excluding hydrogens is 358 g/mol. The molecule has 1 saturated heterocycles. The summed E-state index contributed by atoms with van der Waals surface area (Å²) >= 11 is 0.987. The van der Waals surface area contributed by atoms with E-state index in [1.807, 2.05) is 55.5 Å². The highest BCUT2D eigenvalue weighted by atomic mass is 32.2. The zero-order chi connectivity index (χ0) is 19.2. The van der Waals surface area contributed by atoms with Crippen LogP contribution in [0, 0.1) is 6.92 Å². The van der Waals surface area contributed by atoms with E-state index in [-0.39, 0.29) is 11.1 Å². The molecule has 140 valence electrons. The van der Waals surface area contributed by atoms with Crippen LogP contribution in [0.4, 0.5) is 4.79 Å². The molecule has 1 fully saturated rings. The molecule has 1 aliphatic rings. The van der Waals surface area contributed by atoms with Gasteiger partial charge in [-0.3, -0.25) is 14.5 Å². The van der Waals surface area contributed by atoms with Crippen LogP contribution in [0.25, 0.3) is 6.08 Å². The van der Waals surface area contributed by atoms with E-state index in [4.69, 9.17) is 4.74 Å². The third kappa shape index (κ3) is 5.01. The zero-order valence-corrected chi connectivity index (χ0v) is 16.4. The van der Waals surface area contributed by atoms with Crippen LogP contribution in [0.3, 0.4) is 0 Å². The molecule has 2 amide bonds. The second-order valence-electron chi connectivity index (χ2n) is 6.52. The summed E-state index contributed by atoms with van der Waals surface area (Å²) < 4.78 is 5.65. The number of nitrogens with zero attached hydrogens (tertiary/aromatic N) is 1. The Bertz CT molecular complexity index is 841. The number of rotatable bonds is 7. The van der Waals surface area contributed by atoms with E-state index in [0.717, 1.165) is 47.0 Å². The van der Waals surface area contributed by atoms with Crippen molar-refractivity contribution in [2.75, 3.05) is 6.61 Å². The van der Waals surface area contributed by atoms with Crippen molar-refractivity contribution in [2.45, 2.75) is 33.2 Å². The molecule has 0 N–H and O–H groups in total. The second kappa shape index (κ2) is 8.91. The molecule has 1 heterocycles. The number of carbonyl (C=O) groups is 2. The number of aryl methyl sites for hydroxylation is 1. The highest BCUT2D eigenvalue weighted by Crippen LogP contribution is 2.33. The predicted molar refractivity (Wildman–Crippen MR) is 110 cm³/mol. The highest BCUT2D eigenvalue weighted by Gasteiger charge is 2.34. The number of hydrogen-bond acceptors (Lipinski definition) is 4. The van der Waals surface area contributed by atoms with Crippen LogP contribution in [-0.4, -0.2) is 22.7 Å². The first kappa shape index (κ1) is 19.2. The van der Waals surface area contributed by atoms with E-state index in [0.29, 0.717) is 18.1 Å². The monoisotopic (exact) mass is 381 g/mol. The molecule has 0 bridgehead atoms. The van der Waals surface area contributed by atoms with Crippen molar-refractivity contribution < 1.29 is 14.3 Å². The lowest BCUT2D eigenvalue weighted by Crippen LogP contribution is -2.27. The van der Waals surface area contributed by atoms with Crippen LogP contribution < -0.4 is 4.74 Å². The topological polar surface area (TPSA) is 46.6 Å². The van der Waals surface area contributed by atoms with E-state index < -0.39 is 0 Å². The standard InChI is InChI=1S/C22H23NO3S/c1-3-4-13-26-19-11-9-17(10-12-19)14-20-21(24)23(22(25)27-20)15-18-7-5-16(2)6-8-18/h5-12,14H,3-4,13,15H2,1-2H3/b20-14-. The molecule has 2 aromatic carbocycles. The first-order valence-corrected chi connectivity index (χ1v) is 9.92. The molecule has 0 unspecified atom stereocenters. The minimum atomic E-state index is -0.242. The third-order valence-electron chi connectivity index (χ3n) is 4.28. The molecule has 0 radical (unpaired) electrons. The number of imide groups is 1. The number of ether oxygens (including phenoxy) is 1. The minimum absolute atomic E-state index is 0.230. The van der Waals surface area contributed by atoms with Crippen molar-refractivity contribution in [3.05, 3.63) is 70.1 Å². The Hall–Kier alpha value is -2.53. The summed E-state index contributed by atoms with van der Waals surface area (Å²) in [6.45, 7) is 5.13. The molecule has 4 nitrogen and oxygen atoms in total. The van der Waals surface area contributed by atoms with Crippen LogP contribution in [0.5, 0.6) is 5.75 Å². The molecule has 5 heteroatoms. The van der Waals surface area contributed by atoms with Gasteiger partial charge in [0.05, 0.1) is 18.1 Å². The van der Waals surface area contributed by atoms with Gasteiger partial charge >= 0.3 is 0 Å². The Morgan fingerprint density at radius 3 is 2.41 bits per heavy atom. The highest BCUT2D eigenvalue weighted by molar-refractivity contribution is 8.18. The summed E-state index contributed by atoms with van der Waals surface area (Å²) in [7, 11) is 0. The molecule has 2 aromatic rings. The van der Waals surface area contributed by atoms with Gasteiger partial charge in [0.25, 0.3) is 11.1 Å². The molecule has 0 spiro atoms. The molecule has 0 aromatic heterocycles. The Labute approximate surface area is 164 Å². The number of thioether (sulfide) groups is 1. The summed E-state index contributed by atoms with van der Waals surface area (Å²) in [5, 5.41) is -0.230. The smallest absolute Gasteiger partial charge is 0.293 e. The molecule has 3 rings (SSSR count). The van der Waals surface area contributed by atoms with Gasteiger partial charge in [-0.05, 0) is 54.4 Å². The van der Waals surface area contributed by atoms with Crippen molar-refractivity contribution in [1.29, 1.82) is 0 Å². The number of unbranched alkanes of at least 4 members (excludes halogenated alkanes) is 1. The predicted octanol–water partition coefficient (Wildman–Crippen LogP) is 5.41. The molecule has 0 atom stereocenters. The Kier molecular flexibility index (Phi) is 6.35. The van der Waals surface area contributed by atoms with E-state index in [2.05, 4.69) is 6.92 Å². The van der Waals surface area contributed by atoms with Gasteiger partial charge in [-0.25, -0.2) is 0 Å². The van der Waals surface area contributed by atoms with Crippen molar-refractivity contribution in [3.63, 3.8) is 0 Å². The van der Waals surface area contributed by atoms with Gasteiger partial charge in [-0.15, -0.1) is 0 Å². The quantitative estimate of drug-likeness (QED) is 0.475. The van der Waals surface area contributed by atoms with Crippen molar-refractivity contribution in [3.8, 4) is 5.75 Å². The molecule has 0 saturated carbocycles. The fraction of sp³-hybridized carbons (Fsp3) is 0.273. The summed E-state index contributed by atoms with van der Waals surface area (Å²) in [5.41, 5.74) is 2.96. The number of amides is 2. The lowest BCUT2D eigenvalue weighted by molar-refractivity contribution is -0.123. The molecule has 27 heavy (non-hydrogen) atoms. The normalized spacial score (nSPS) is 15.6. The summed E-state index contributed by atoms with van der Waals surface area (Å²) in [5.74, 6) is 0.571. The summed E-state index contributed by atoms with van der Waals surface area (Å²) in [6.07, 6.45) is 3.88. The fourth-order valence-electron chi connectivity index (χ4n) is 2.66. The SMILES string of the molecule is CCCCOc1ccc(/C=C2\SC(=O)N(Cc3ccc(C)cc3)C2=O)cc1. The Morgan fingerprint density at radius 1 is 1.04 bits per heavy atom. The zero-order valence-electron chi connectivity index (χ0n) is 15.6. The first-order valence-electron chi connectivity index (χ1n) is 9.10. The van der Waals surface area contributed by atoms with E-state index in [1.54, 1.807) is 6.08 Å². The van der Waals surface area contributed by atoms with Gasteiger partial charge in [0.1, 0.15) is 5.75 Å². The number of carbonyl (C=O) groups excluding carboxylic acids is 2. The average Bonchev–Trinajstić information content (AvgIpc) is 2.92. The fourth-order valence-corrected chi connectivity index (χ4v) is 3.50. The Balaban J connectivity index is 1.67. The van der Waals surface area contributed by atoms with Gasteiger partial charge in [-0.2, -0.15) is 0 Å². The second-order valence-corrected chi connectivity index (χ2v) is 7.52. The molecular formula is C22H23NO3S. The largest absolute Gasteiger partial charge is 0.494 e. The van der Waals surface area contributed by atoms with Gasteiger partial charge in [0.15, 0.2) is 0 Å². The van der Waals surface area contributed by atoms with Crippen molar-refractivity contribution >= 4 is 29.0 Å². The van der Waals surface area contributed by atoms with Crippen LogP contribution in [0.2, 0.25) is 0 Å². The summed E-state index contributed by atoms with van der Waals surface area (Å²) in [4.78, 5) is 26.6. The van der Waals surface area contributed by atoms with Crippen LogP contribution in [-0.2, 0) is 11.3 Å². The third-order valence-corrected chi connectivity index (χ3v) is 5.19. The van der Waals surface area contributed by atoms with Crippen molar-refractivity contribution in [1.82, 2.24) is 4.90 Å². The lowest BCUT2D eigenvalue weighted by Gasteiger charge is -2.12. The van der Waals surface area contributed by atoms with Crippen LogP contribution in [0.15, 0.2) is 53.4 Å². The summed E-state index contributed by atoms with van der Waals surface area (Å²) in [6, 6.07) is 15.4. The van der Waals surface area contributed by atoms with Crippen LogP contribution in [0.1, 0.15) is 36.5 Å². The van der Waals surface area contributed by atoms with E-state index >= 15 is 0 Å². The van der Waals surface area contributed by atoms with Crippen molar-refractivity contribution in [2.24, 2.45) is 0 Å². The van der Waals surface area contributed by atoms with Gasteiger partial charge < -0.3 is 4.74 Å².